The summed E-state index contributed by atoms with van der Waals surface area (Å²) in [6, 6.07) is 4.48. The highest BCUT2D eigenvalue weighted by Crippen LogP contribution is 2.23. The van der Waals surface area contributed by atoms with E-state index in [0.717, 1.165) is 0 Å². The zero-order valence-corrected chi connectivity index (χ0v) is 7.87. The molecule has 1 heterocycles. The number of carboxylic acid groups (broad SMARTS) is 1. The van der Waals surface area contributed by atoms with Crippen molar-refractivity contribution in [3.63, 3.8) is 0 Å². The van der Waals surface area contributed by atoms with E-state index in [1.165, 1.54) is 18.4 Å². The molecule has 0 radical (unpaired) electrons. The topological polar surface area (TPSA) is 50.4 Å². The number of hydrogen-bond donors (Lipinski definition) is 1. The summed E-state index contributed by atoms with van der Waals surface area (Å²) in [5.74, 6) is -1.32. The van der Waals surface area contributed by atoms with Gasteiger partial charge in [-0.05, 0) is 30.2 Å². The molecule has 0 aliphatic carbocycles. The Hall–Kier alpha value is -1.84. The van der Waals surface area contributed by atoms with Crippen LogP contribution in [0.1, 0.15) is 12.0 Å². The summed E-state index contributed by atoms with van der Waals surface area (Å²) in [6.45, 7) is 0. The molecule has 2 aromatic rings. The van der Waals surface area contributed by atoms with Crippen molar-refractivity contribution in [2.75, 3.05) is 0 Å². The van der Waals surface area contributed by atoms with Crippen LogP contribution in [0.3, 0.4) is 0 Å². The van der Waals surface area contributed by atoms with Gasteiger partial charge in [-0.1, -0.05) is 0 Å². The van der Waals surface area contributed by atoms with Gasteiger partial charge in [-0.15, -0.1) is 0 Å². The van der Waals surface area contributed by atoms with Gasteiger partial charge in [0.2, 0.25) is 0 Å². The largest absolute Gasteiger partial charge is 0.481 e. The third-order valence-electron chi connectivity index (χ3n) is 2.28. The lowest BCUT2D eigenvalue weighted by Gasteiger charge is -2.02. The van der Waals surface area contributed by atoms with Crippen molar-refractivity contribution in [3.8, 4) is 0 Å². The Bertz CT molecular complexity index is 502. The minimum Gasteiger partial charge on any atom is -0.481 e. The first-order valence-electron chi connectivity index (χ1n) is 4.55. The molecule has 78 valence electrons. The fourth-order valence-corrected chi connectivity index (χ4v) is 1.56. The van der Waals surface area contributed by atoms with Gasteiger partial charge in [0.1, 0.15) is 11.4 Å². The van der Waals surface area contributed by atoms with Gasteiger partial charge in [-0.3, -0.25) is 4.79 Å². The second-order valence-corrected chi connectivity index (χ2v) is 3.25. The van der Waals surface area contributed by atoms with Gasteiger partial charge in [0.15, 0.2) is 0 Å². The van der Waals surface area contributed by atoms with E-state index in [2.05, 4.69) is 0 Å². The molecule has 0 aliphatic heterocycles. The van der Waals surface area contributed by atoms with Crippen LogP contribution in [-0.2, 0) is 11.2 Å². The summed E-state index contributed by atoms with van der Waals surface area (Å²) in [4.78, 5) is 10.4. The number of aliphatic carboxylic acids is 1. The number of fused-ring (bicyclic) bond motifs is 1. The Morgan fingerprint density at radius 1 is 1.40 bits per heavy atom. The molecule has 0 saturated carbocycles. The van der Waals surface area contributed by atoms with E-state index >= 15 is 0 Å². The Morgan fingerprint density at radius 2 is 2.20 bits per heavy atom. The maximum Gasteiger partial charge on any atom is 0.303 e. The highest BCUT2D eigenvalue weighted by molar-refractivity contribution is 5.81. The summed E-state index contributed by atoms with van der Waals surface area (Å²) in [6.07, 6.45) is 1.56. The lowest BCUT2D eigenvalue weighted by Crippen LogP contribution is -1.99. The van der Waals surface area contributed by atoms with Crippen LogP contribution < -0.4 is 0 Å². The molecular weight excluding hydrogens is 199 g/mol. The molecule has 0 amide bonds. The number of carboxylic acids is 1. The normalized spacial score (nSPS) is 10.7. The monoisotopic (exact) mass is 208 g/mol. The van der Waals surface area contributed by atoms with Crippen molar-refractivity contribution in [3.05, 3.63) is 35.8 Å². The van der Waals surface area contributed by atoms with Crippen LogP contribution in [0.4, 0.5) is 4.39 Å². The number of rotatable bonds is 3. The minimum atomic E-state index is -0.935. The van der Waals surface area contributed by atoms with Gasteiger partial charge < -0.3 is 9.52 Å². The summed E-state index contributed by atoms with van der Waals surface area (Å²) in [5.41, 5.74) is 0.987. The second kappa shape index (κ2) is 3.73. The zero-order valence-electron chi connectivity index (χ0n) is 7.87. The number of hydrogen-bond acceptors (Lipinski definition) is 2. The summed E-state index contributed by atoms with van der Waals surface area (Å²) < 4.78 is 18.5. The van der Waals surface area contributed by atoms with E-state index in [1.807, 2.05) is 0 Å². The molecule has 4 heteroatoms. The summed E-state index contributed by atoms with van der Waals surface area (Å²) in [7, 11) is 0. The lowest BCUT2D eigenvalue weighted by molar-refractivity contribution is -0.136. The third-order valence-corrected chi connectivity index (χ3v) is 2.28. The first-order valence-corrected chi connectivity index (χ1v) is 4.55. The molecule has 0 bridgehead atoms. The van der Waals surface area contributed by atoms with Crippen LogP contribution >= 0.6 is 0 Å². The average molecular weight is 208 g/mol. The zero-order chi connectivity index (χ0) is 10.8. The van der Waals surface area contributed by atoms with Crippen molar-refractivity contribution in [1.82, 2.24) is 0 Å². The van der Waals surface area contributed by atoms with Crippen LogP contribution in [0.2, 0.25) is 0 Å². The molecule has 1 N–H and O–H groups in total. The predicted molar refractivity (Wildman–Crippen MR) is 52.1 cm³/mol. The molecule has 2 rings (SSSR count). The van der Waals surface area contributed by atoms with Crippen LogP contribution in [0.15, 0.2) is 28.9 Å². The molecule has 0 spiro atoms. The van der Waals surface area contributed by atoms with Crippen molar-refractivity contribution >= 4 is 16.9 Å². The fourth-order valence-electron chi connectivity index (χ4n) is 1.56. The first kappa shape index (κ1) is 9.71. The van der Waals surface area contributed by atoms with Gasteiger partial charge in [-0.25, -0.2) is 4.39 Å². The van der Waals surface area contributed by atoms with Crippen LogP contribution in [0.25, 0.3) is 11.0 Å². The third kappa shape index (κ3) is 1.83. The number of furan rings is 1. The van der Waals surface area contributed by atoms with E-state index in [-0.39, 0.29) is 18.7 Å². The second-order valence-electron chi connectivity index (χ2n) is 3.25. The van der Waals surface area contributed by atoms with E-state index in [9.17, 15) is 9.18 Å². The first-order chi connectivity index (χ1) is 7.18. The Labute approximate surface area is 85.1 Å². The van der Waals surface area contributed by atoms with E-state index in [4.69, 9.17) is 9.52 Å². The van der Waals surface area contributed by atoms with E-state index in [0.29, 0.717) is 16.5 Å². The molecule has 3 nitrogen and oxygen atoms in total. The maximum absolute atomic E-state index is 13.4. The molecule has 0 saturated heterocycles. The van der Waals surface area contributed by atoms with Gasteiger partial charge in [0, 0.05) is 11.8 Å². The number of carbonyl (C=O) groups is 1. The van der Waals surface area contributed by atoms with Crippen molar-refractivity contribution in [1.29, 1.82) is 0 Å². The smallest absolute Gasteiger partial charge is 0.303 e. The molecule has 0 unspecified atom stereocenters. The molecule has 0 fully saturated rings. The Morgan fingerprint density at radius 3 is 2.93 bits per heavy atom. The summed E-state index contributed by atoms with van der Waals surface area (Å²) in [5, 5.41) is 9.19. The number of benzene rings is 1. The van der Waals surface area contributed by atoms with Gasteiger partial charge >= 0.3 is 5.97 Å². The van der Waals surface area contributed by atoms with Gasteiger partial charge in [0.05, 0.1) is 6.26 Å². The van der Waals surface area contributed by atoms with Gasteiger partial charge in [-0.2, -0.15) is 0 Å². The quantitative estimate of drug-likeness (QED) is 0.843. The molecule has 15 heavy (non-hydrogen) atoms. The van der Waals surface area contributed by atoms with Crippen molar-refractivity contribution < 1.29 is 18.7 Å². The van der Waals surface area contributed by atoms with Crippen molar-refractivity contribution in [2.24, 2.45) is 0 Å². The number of halogens is 1. The van der Waals surface area contributed by atoms with Crippen molar-refractivity contribution in [2.45, 2.75) is 12.8 Å². The molecule has 1 aromatic heterocycles. The van der Waals surface area contributed by atoms with E-state index < -0.39 is 5.97 Å². The van der Waals surface area contributed by atoms with Crippen LogP contribution in [-0.4, -0.2) is 11.1 Å². The Balaban J connectivity index is 2.42. The minimum absolute atomic E-state index is 0.0821. The highest BCUT2D eigenvalue weighted by Gasteiger charge is 2.10. The van der Waals surface area contributed by atoms with Crippen LogP contribution in [0.5, 0.6) is 0 Å². The van der Waals surface area contributed by atoms with E-state index in [1.54, 1.807) is 6.07 Å². The van der Waals surface area contributed by atoms with Gasteiger partial charge in [0.25, 0.3) is 0 Å². The molecule has 0 aliphatic rings. The molecular formula is C11H9FO3. The molecule has 1 aromatic carbocycles. The fraction of sp³-hybridized carbons (Fsp3) is 0.182. The SMILES string of the molecule is O=C(O)CCc1c(F)ccc2occc12. The Kier molecular flexibility index (Phi) is 2.41. The van der Waals surface area contributed by atoms with Crippen LogP contribution in [0, 0.1) is 5.82 Å². The number of aryl methyl sites for hydroxylation is 1. The highest BCUT2D eigenvalue weighted by atomic mass is 19.1. The maximum atomic E-state index is 13.4. The summed E-state index contributed by atoms with van der Waals surface area (Å²) >= 11 is 0. The lowest BCUT2D eigenvalue weighted by atomic mass is 10.0. The average Bonchev–Trinajstić information content (AvgIpc) is 2.63. The predicted octanol–water partition coefficient (Wildman–Crippen LogP) is 2.59. The molecule has 0 atom stereocenters. The standard InChI is InChI=1S/C11H9FO3/c12-9-2-3-10-8(5-6-15-10)7(9)1-4-11(13)14/h2-3,5-6H,1,4H2,(H,13,14).